The number of halogens is 2. The summed E-state index contributed by atoms with van der Waals surface area (Å²) in [6, 6.07) is 9.93. The van der Waals surface area contributed by atoms with Gasteiger partial charge in [0.25, 0.3) is 0 Å². The number of amides is 2. The maximum atomic E-state index is 13.3. The number of carbonyl (C=O) groups excluding carboxylic acids is 1. The number of anilines is 1. The third-order valence-corrected chi connectivity index (χ3v) is 5.35. The van der Waals surface area contributed by atoms with Gasteiger partial charge in [-0.1, -0.05) is 23.7 Å². The molecule has 0 spiro atoms. The number of hydrogen-bond donors (Lipinski definition) is 1. The Morgan fingerprint density at radius 2 is 1.86 bits per heavy atom. The second-order valence-corrected chi connectivity index (χ2v) is 8.62. The molecular formula is C19H22ClFN2O4S. The van der Waals surface area contributed by atoms with E-state index in [4.69, 9.17) is 15.8 Å². The van der Waals surface area contributed by atoms with Gasteiger partial charge in [-0.05, 0) is 56.7 Å². The molecule has 0 aliphatic carbocycles. The molecule has 0 fully saturated rings. The van der Waals surface area contributed by atoms with Crippen LogP contribution < -0.4 is 9.50 Å². The number of benzene rings is 2. The Kier molecular flexibility index (Phi) is 7.26. The first-order valence-corrected chi connectivity index (χ1v) is 10.6. The minimum absolute atomic E-state index is 0.0773. The number of hydrogen-bond acceptors (Lipinski definition) is 4. The Morgan fingerprint density at radius 1 is 1.21 bits per heavy atom. The van der Waals surface area contributed by atoms with Crippen molar-refractivity contribution in [3.05, 3.63) is 58.9 Å². The lowest BCUT2D eigenvalue weighted by atomic mass is 10.2. The first-order chi connectivity index (χ1) is 13.1. The van der Waals surface area contributed by atoms with E-state index in [-0.39, 0.29) is 28.6 Å². The molecule has 0 heterocycles. The molecule has 0 saturated carbocycles. The van der Waals surface area contributed by atoms with E-state index in [0.717, 1.165) is 5.56 Å². The van der Waals surface area contributed by atoms with Gasteiger partial charge in [-0.25, -0.2) is 9.18 Å². The van der Waals surface area contributed by atoms with Gasteiger partial charge in [0.05, 0.1) is 10.8 Å². The molecule has 0 unspecified atom stereocenters. The summed E-state index contributed by atoms with van der Waals surface area (Å²) in [5, 5.41) is 2.62. The lowest BCUT2D eigenvalue weighted by molar-refractivity contribution is 0.193. The van der Waals surface area contributed by atoms with E-state index in [2.05, 4.69) is 5.32 Å². The highest BCUT2D eigenvalue weighted by Gasteiger charge is 2.18. The van der Waals surface area contributed by atoms with Gasteiger partial charge in [-0.3, -0.25) is 0 Å². The van der Waals surface area contributed by atoms with Gasteiger partial charge in [0, 0.05) is 18.3 Å². The highest BCUT2D eigenvalue weighted by Crippen LogP contribution is 2.21. The molecule has 0 aliphatic heterocycles. The maximum Gasteiger partial charge on any atom is 0.322 e. The van der Waals surface area contributed by atoms with Crippen molar-refractivity contribution in [2.45, 2.75) is 33.4 Å². The molecule has 0 aliphatic rings. The fraction of sp³-hybridized carbons (Fsp3) is 0.316. The molecule has 6 nitrogen and oxygen atoms in total. The molecule has 0 atom stereocenters. The Morgan fingerprint density at radius 3 is 2.39 bits per heavy atom. The van der Waals surface area contributed by atoms with E-state index < -0.39 is 15.9 Å². The van der Waals surface area contributed by atoms with Gasteiger partial charge in [-0.2, -0.15) is 8.42 Å². The average molecular weight is 429 g/mol. The van der Waals surface area contributed by atoms with Crippen molar-refractivity contribution < 1.29 is 21.8 Å². The SMILES string of the molecule is CCS(=O)(=O)Oc1ccc(CN(C(=O)Nc2ccc(F)c(Cl)c2)C(C)C)cc1. The van der Waals surface area contributed by atoms with Crippen molar-refractivity contribution in [1.29, 1.82) is 0 Å². The molecule has 0 bridgehead atoms. The van der Waals surface area contributed by atoms with Crippen LogP contribution in [0, 0.1) is 5.82 Å². The van der Waals surface area contributed by atoms with Crippen LogP contribution in [-0.4, -0.2) is 31.1 Å². The Hall–Kier alpha value is -2.32. The number of rotatable bonds is 7. The summed E-state index contributed by atoms with van der Waals surface area (Å²) < 4.78 is 41.2. The molecule has 2 aromatic rings. The van der Waals surface area contributed by atoms with Crippen molar-refractivity contribution in [1.82, 2.24) is 4.90 Å². The van der Waals surface area contributed by atoms with Crippen LogP contribution in [0.4, 0.5) is 14.9 Å². The zero-order valence-electron chi connectivity index (χ0n) is 15.8. The third-order valence-electron chi connectivity index (χ3n) is 3.91. The quantitative estimate of drug-likeness (QED) is 0.651. The molecule has 9 heteroatoms. The average Bonchev–Trinajstić information content (AvgIpc) is 2.63. The molecule has 28 heavy (non-hydrogen) atoms. The van der Waals surface area contributed by atoms with E-state index >= 15 is 0 Å². The molecule has 0 saturated heterocycles. The van der Waals surface area contributed by atoms with Crippen LogP contribution in [0.3, 0.4) is 0 Å². The molecule has 152 valence electrons. The van der Waals surface area contributed by atoms with Gasteiger partial charge in [0.2, 0.25) is 0 Å². The summed E-state index contributed by atoms with van der Waals surface area (Å²) in [5.41, 5.74) is 1.18. The van der Waals surface area contributed by atoms with Crippen molar-refractivity contribution in [3.8, 4) is 5.75 Å². The Balaban J connectivity index is 2.09. The second kappa shape index (κ2) is 9.25. The topological polar surface area (TPSA) is 75.7 Å². The number of urea groups is 1. The Labute approximate surface area is 169 Å². The largest absolute Gasteiger partial charge is 0.382 e. The third kappa shape index (κ3) is 6.10. The lowest BCUT2D eigenvalue weighted by Gasteiger charge is -2.27. The molecule has 0 aromatic heterocycles. The van der Waals surface area contributed by atoms with E-state index in [9.17, 15) is 17.6 Å². The normalized spacial score (nSPS) is 11.4. The van der Waals surface area contributed by atoms with Gasteiger partial charge in [-0.15, -0.1) is 0 Å². The zero-order chi connectivity index (χ0) is 20.9. The van der Waals surface area contributed by atoms with Crippen molar-refractivity contribution >= 4 is 33.4 Å². The van der Waals surface area contributed by atoms with Gasteiger partial charge in [0.15, 0.2) is 0 Å². The molecule has 2 amide bonds. The van der Waals surface area contributed by atoms with Gasteiger partial charge >= 0.3 is 16.1 Å². The molecule has 2 rings (SSSR count). The first-order valence-electron chi connectivity index (χ1n) is 8.65. The number of nitrogens with one attached hydrogen (secondary N) is 1. The minimum atomic E-state index is -3.59. The lowest BCUT2D eigenvalue weighted by Crippen LogP contribution is -2.39. The predicted molar refractivity (Wildman–Crippen MR) is 108 cm³/mol. The summed E-state index contributed by atoms with van der Waals surface area (Å²) in [6.45, 7) is 5.52. The Bertz CT molecular complexity index is 933. The standard InChI is InChI=1S/C19H22ClFN2O4S/c1-4-28(25,26)27-16-8-5-14(6-9-16)12-23(13(2)3)19(24)22-15-7-10-18(21)17(20)11-15/h5-11,13H,4,12H2,1-3H3,(H,22,24). The highest BCUT2D eigenvalue weighted by atomic mass is 35.5. The maximum absolute atomic E-state index is 13.3. The van der Waals surface area contributed by atoms with Crippen molar-refractivity contribution in [3.63, 3.8) is 0 Å². The van der Waals surface area contributed by atoms with Crippen LogP contribution in [0.5, 0.6) is 5.75 Å². The van der Waals surface area contributed by atoms with E-state index in [1.807, 2.05) is 13.8 Å². The van der Waals surface area contributed by atoms with Crippen LogP contribution in [0.25, 0.3) is 0 Å². The predicted octanol–water partition coefficient (Wildman–Crippen LogP) is 4.65. The molecular weight excluding hydrogens is 407 g/mol. The summed E-state index contributed by atoms with van der Waals surface area (Å²) in [4.78, 5) is 14.2. The second-order valence-electron chi connectivity index (χ2n) is 6.35. The highest BCUT2D eigenvalue weighted by molar-refractivity contribution is 7.87. The first kappa shape index (κ1) is 22.0. The van der Waals surface area contributed by atoms with E-state index in [1.54, 1.807) is 29.2 Å². The van der Waals surface area contributed by atoms with Gasteiger partial charge < -0.3 is 14.4 Å². The van der Waals surface area contributed by atoms with Crippen LogP contribution in [0.1, 0.15) is 26.3 Å². The van der Waals surface area contributed by atoms with Gasteiger partial charge in [0.1, 0.15) is 11.6 Å². The van der Waals surface area contributed by atoms with E-state index in [0.29, 0.717) is 12.2 Å². The van der Waals surface area contributed by atoms with Crippen LogP contribution in [0.15, 0.2) is 42.5 Å². The fourth-order valence-corrected chi connectivity index (χ4v) is 3.01. The van der Waals surface area contributed by atoms with Crippen molar-refractivity contribution in [2.24, 2.45) is 0 Å². The van der Waals surface area contributed by atoms with Crippen LogP contribution in [0.2, 0.25) is 5.02 Å². The van der Waals surface area contributed by atoms with Crippen molar-refractivity contribution in [2.75, 3.05) is 11.1 Å². The number of nitrogens with zero attached hydrogens (tertiary/aromatic N) is 1. The van der Waals surface area contributed by atoms with E-state index in [1.165, 1.54) is 25.1 Å². The monoisotopic (exact) mass is 428 g/mol. The smallest absolute Gasteiger partial charge is 0.322 e. The fourth-order valence-electron chi connectivity index (χ4n) is 2.31. The molecule has 1 N–H and O–H groups in total. The van der Waals surface area contributed by atoms with Crippen LogP contribution in [-0.2, 0) is 16.7 Å². The molecule has 0 radical (unpaired) electrons. The summed E-state index contributed by atoms with van der Waals surface area (Å²) in [6.07, 6.45) is 0. The number of carbonyl (C=O) groups is 1. The minimum Gasteiger partial charge on any atom is -0.382 e. The van der Waals surface area contributed by atoms with Crippen LogP contribution >= 0.6 is 11.6 Å². The summed E-state index contributed by atoms with van der Waals surface area (Å²) >= 11 is 5.75. The molecule has 2 aromatic carbocycles. The summed E-state index contributed by atoms with van der Waals surface area (Å²) in [7, 11) is -3.59. The zero-order valence-corrected chi connectivity index (χ0v) is 17.3. The summed E-state index contributed by atoms with van der Waals surface area (Å²) in [5.74, 6) is -0.469.